The third-order valence-corrected chi connectivity index (χ3v) is 5.60. The predicted molar refractivity (Wildman–Crippen MR) is 108 cm³/mol. The summed E-state index contributed by atoms with van der Waals surface area (Å²) in [6.45, 7) is 5.81. The van der Waals surface area contributed by atoms with Crippen molar-refractivity contribution < 1.29 is 28.3 Å². The summed E-state index contributed by atoms with van der Waals surface area (Å²) in [7, 11) is 1.56. The van der Waals surface area contributed by atoms with Crippen LogP contribution in [0.4, 0.5) is 0 Å². The summed E-state index contributed by atoms with van der Waals surface area (Å²) in [4.78, 5) is 41.8. The first-order valence-electron chi connectivity index (χ1n) is 10.4. The zero-order valence-electron chi connectivity index (χ0n) is 17.9. The van der Waals surface area contributed by atoms with E-state index in [1.165, 1.54) is 11.2 Å². The fourth-order valence-corrected chi connectivity index (χ4v) is 4.06. The van der Waals surface area contributed by atoms with Crippen LogP contribution in [0.25, 0.3) is 0 Å². The number of furan rings is 1. The van der Waals surface area contributed by atoms with Crippen LogP contribution >= 0.6 is 0 Å². The molecule has 1 aromatic heterocycles. The molecule has 9 nitrogen and oxygen atoms in total. The Kier molecular flexibility index (Phi) is 7.14. The molecule has 3 rings (SSSR count). The van der Waals surface area contributed by atoms with Crippen LogP contribution in [-0.2, 0) is 19.1 Å². The van der Waals surface area contributed by atoms with E-state index in [2.05, 4.69) is 5.32 Å². The Balaban J connectivity index is 1.77. The summed E-state index contributed by atoms with van der Waals surface area (Å²) < 4.78 is 16.4. The number of ether oxygens (including phenoxy) is 2. The molecule has 1 spiro atoms. The number of methoxy groups -OCH3 is 1. The van der Waals surface area contributed by atoms with Gasteiger partial charge >= 0.3 is 0 Å². The summed E-state index contributed by atoms with van der Waals surface area (Å²) in [5.41, 5.74) is -0.929. The van der Waals surface area contributed by atoms with Crippen molar-refractivity contribution in [1.82, 2.24) is 15.1 Å². The molecule has 2 aliphatic rings. The van der Waals surface area contributed by atoms with Crippen LogP contribution in [-0.4, -0.2) is 79.2 Å². The van der Waals surface area contributed by atoms with Gasteiger partial charge in [0.25, 0.3) is 5.91 Å². The van der Waals surface area contributed by atoms with Crippen molar-refractivity contribution in [2.45, 2.75) is 44.9 Å². The minimum atomic E-state index is -0.929. The molecule has 1 N–H and O–H groups in total. The summed E-state index contributed by atoms with van der Waals surface area (Å²) >= 11 is 0. The molecule has 1 aromatic rings. The van der Waals surface area contributed by atoms with Gasteiger partial charge in [0, 0.05) is 46.0 Å². The maximum Gasteiger partial charge on any atom is 0.292 e. The Labute approximate surface area is 176 Å². The highest BCUT2D eigenvalue weighted by Crippen LogP contribution is 2.38. The molecule has 30 heavy (non-hydrogen) atoms. The van der Waals surface area contributed by atoms with Gasteiger partial charge in [0.05, 0.1) is 19.5 Å². The van der Waals surface area contributed by atoms with E-state index in [9.17, 15) is 14.4 Å². The Morgan fingerprint density at radius 1 is 1.30 bits per heavy atom. The third kappa shape index (κ3) is 4.67. The summed E-state index contributed by atoms with van der Waals surface area (Å²) in [5, 5.41) is 2.79. The fourth-order valence-electron chi connectivity index (χ4n) is 4.06. The number of nitrogens with zero attached hydrogens (tertiary/aromatic N) is 2. The lowest BCUT2D eigenvalue weighted by molar-refractivity contribution is -0.144. The van der Waals surface area contributed by atoms with Crippen molar-refractivity contribution in [2.75, 3.05) is 40.0 Å². The number of carbonyl (C=O) groups is 3. The van der Waals surface area contributed by atoms with Crippen molar-refractivity contribution >= 4 is 17.7 Å². The zero-order valence-corrected chi connectivity index (χ0v) is 17.9. The number of carbonyl (C=O) groups excluding carboxylic acids is 3. The largest absolute Gasteiger partial charge is 0.459 e. The van der Waals surface area contributed by atoms with E-state index in [0.717, 1.165) is 0 Å². The number of piperidine rings is 1. The second kappa shape index (κ2) is 9.61. The second-order valence-corrected chi connectivity index (χ2v) is 8.19. The van der Waals surface area contributed by atoms with Gasteiger partial charge < -0.3 is 24.1 Å². The van der Waals surface area contributed by atoms with E-state index in [-0.39, 0.29) is 36.0 Å². The van der Waals surface area contributed by atoms with Crippen molar-refractivity contribution in [3.05, 3.63) is 24.2 Å². The number of nitrogens with one attached hydrogen (secondary N) is 1. The lowest BCUT2D eigenvalue weighted by Crippen LogP contribution is -2.60. The summed E-state index contributed by atoms with van der Waals surface area (Å²) in [6, 6.07) is 2.45. The van der Waals surface area contributed by atoms with E-state index in [1.807, 2.05) is 18.7 Å². The number of hydrogen-bond donors (Lipinski definition) is 1. The van der Waals surface area contributed by atoms with Gasteiger partial charge in [-0.15, -0.1) is 0 Å². The average Bonchev–Trinajstić information content (AvgIpc) is 3.36. The van der Waals surface area contributed by atoms with Crippen LogP contribution in [0, 0.1) is 5.92 Å². The minimum Gasteiger partial charge on any atom is -0.459 e. The molecule has 0 radical (unpaired) electrons. The van der Waals surface area contributed by atoms with Gasteiger partial charge in [-0.2, -0.15) is 0 Å². The topological polar surface area (TPSA) is 101 Å². The van der Waals surface area contributed by atoms with Gasteiger partial charge in [0.15, 0.2) is 5.76 Å². The molecular weight excluding hydrogens is 390 g/mol. The number of rotatable bonds is 7. The van der Waals surface area contributed by atoms with Crippen molar-refractivity contribution in [2.24, 2.45) is 5.92 Å². The van der Waals surface area contributed by atoms with Crippen molar-refractivity contribution in [3.63, 3.8) is 0 Å². The first-order valence-corrected chi connectivity index (χ1v) is 10.4. The SMILES string of the molecule is COCCNC(=O)C1COC2(CCN(C(=O)CC(C)C)CC2)N1C(=O)c1ccco1. The second-order valence-electron chi connectivity index (χ2n) is 8.19. The third-order valence-electron chi connectivity index (χ3n) is 5.60. The number of hydrogen-bond acceptors (Lipinski definition) is 6. The summed E-state index contributed by atoms with van der Waals surface area (Å²) in [5.74, 6) is -0.120. The maximum atomic E-state index is 13.3. The Hall–Kier alpha value is -2.39. The lowest BCUT2D eigenvalue weighted by atomic mass is 9.96. The number of likely N-dealkylation sites (tertiary alicyclic amines) is 1. The molecule has 0 aliphatic carbocycles. The molecule has 2 saturated heterocycles. The lowest BCUT2D eigenvalue weighted by Gasteiger charge is -2.44. The maximum absolute atomic E-state index is 13.3. The standard InChI is InChI=1S/C21H31N3O6/c1-15(2)13-18(25)23-9-6-21(7-10-23)24(20(27)17-5-4-11-29-17)16(14-30-21)19(26)22-8-12-28-3/h4-5,11,15-16H,6-10,12-14H2,1-3H3,(H,22,26). The van der Waals surface area contributed by atoms with Crippen LogP contribution in [0.5, 0.6) is 0 Å². The van der Waals surface area contributed by atoms with Gasteiger partial charge in [0.1, 0.15) is 11.8 Å². The quantitative estimate of drug-likeness (QED) is 0.665. The van der Waals surface area contributed by atoms with E-state index >= 15 is 0 Å². The highest BCUT2D eigenvalue weighted by Gasteiger charge is 2.54. The van der Waals surface area contributed by atoms with E-state index in [4.69, 9.17) is 13.9 Å². The van der Waals surface area contributed by atoms with Gasteiger partial charge in [-0.25, -0.2) is 0 Å². The van der Waals surface area contributed by atoms with Crippen LogP contribution in [0.1, 0.15) is 43.7 Å². The first kappa shape index (κ1) is 22.3. The highest BCUT2D eigenvalue weighted by molar-refractivity contribution is 5.96. The smallest absolute Gasteiger partial charge is 0.292 e. The molecule has 1 unspecified atom stereocenters. The van der Waals surface area contributed by atoms with Crippen LogP contribution < -0.4 is 5.32 Å². The molecule has 2 fully saturated rings. The molecule has 0 aromatic carbocycles. The molecule has 9 heteroatoms. The fraction of sp³-hybridized carbons (Fsp3) is 0.667. The molecule has 3 amide bonds. The highest BCUT2D eigenvalue weighted by atomic mass is 16.5. The average molecular weight is 421 g/mol. The monoisotopic (exact) mass is 421 g/mol. The van der Waals surface area contributed by atoms with Gasteiger partial charge in [-0.3, -0.25) is 19.3 Å². The molecule has 1 atom stereocenters. The van der Waals surface area contributed by atoms with Gasteiger partial charge in [0.2, 0.25) is 11.8 Å². The van der Waals surface area contributed by atoms with Crippen LogP contribution in [0.2, 0.25) is 0 Å². The Morgan fingerprint density at radius 2 is 2.03 bits per heavy atom. The number of amides is 3. The molecule has 2 aliphatic heterocycles. The first-order chi connectivity index (χ1) is 14.4. The Morgan fingerprint density at radius 3 is 2.63 bits per heavy atom. The van der Waals surface area contributed by atoms with Crippen LogP contribution in [0.3, 0.4) is 0 Å². The van der Waals surface area contributed by atoms with E-state index in [1.54, 1.807) is 19.2 Å². The van der Waals surface area contributed by atoms with E-state index < -0.39 is 11.8 Å². The van der Waals surface area contributed by atoms with Crippen LogP contribution in [0.15, 0.2) is 22.8 Å². The molecule has 166 valence electrons. The molecule has 0 bridgehead atoms. The normalized spacial score (nSPS) is 20.7. The molecular formula is C21H31N3O6. The molecule has 3 heterocycles. The van der Waals surface area contributed by atoms with E-state index in [0.29, 0.717) is 45.5 Å². The van der Waals surface area contributed by atoms with Crippen molar-refractivity contribution in [1.29, 1.82) is 0 Å². The zero-order chi connectivity index (χ0) is 21.7. The Bertz CT molecular complexity index is 740. The van der Waals surface area contributed by atoms with Gasteiger partial charge in [-0.05, 0) is 18.1 Å². The summed E-state index contributed by atoms with van der Waals surface area (Å²) in [6.07, 6.45) is 2.82. The predicted octanol–water partition coefficient (Wildman–Crippen LogP) is 1.25. The van der Waals surface area contributed by atoms with Gasteiger partial charge in [-0.1, -0.05) is 13.8 Å². The molecule has 0 saturated carbocycles. The minimum absolute atomic E-state index is 0.102. The van der Waals surface area contributed by atoms with Crippen molar-refractivity contribution in [3.8, 4) is 0 Å².